The van der Waals surface area contributed by atoms with Crippen molar-refractivity contribution in [3.8, 4) is 0 Å². The first-order valence-electron chi connectivity index (χ1n) is 8.00. The van der Waals surface area contributed by atoms with Gasteiger partial charge < -0.3 is 14.6 Å². The molecule has 0 aromatic carbocycles. The van der Waals surface area contributed by atoms with Gasteiger partial charge in [-0.1, -0.05) is 25.7 Å². The van der Waals surface area contributed by atoms with E-state index in [4.69, 9.17) is 9.47 Å². The fourth-order valence-electron chi connectivity index (χ4n) is 3.29. The normalized spacial score (nSPS) is 20.9. The first-order chi connectivity index (χ1) is 9.67. The van der Waals surface area contributed by atoms with E-state index in [1.807, 2.05) is 0 Å². The summed E-state index contributed by atoms with van der Waals surface area (Å²) >= 11 is 0. The molecule has 1 atom stereocenters. The van der Waals surface area contributed by atoms with E-state index < -0.39 is 0 Å². The van der Waals surface area contributed by atoms with Crippen LogP contribution >= 0.6 is 0 Å². The molecule has 0 amide bonds. The van der Waals surface area contributed by atoms with Gasteiger partial charge in [0.2, 0.25) is 0 Å². The Morgan fingerprint density at radius 2 is 1.75 bits per heavy atom. The number of ether oxygens (including phenoxy) is 2. The average Bonchev–Trinajstić information content (AvgIpc) is 2.70. The summed E-state index contributed by atoms with van der Waals surface area (Å²) in [4.78, 5) is 2.43. The van der Waals surface area contributed by atoms with Gasteiger partial charge in [0, 0.05) is 45.4 Å². The highest BCUT2D eigenvalue weighted by molar-refractivity contribution is 4.86. The number of rotatable bonds is 9. The Hall–Kier alpha value is -0.160. The maximum atomic E-state index is 9.96. The lowest BCUT2D eigenvalue weighted by molar-refractivity contribution is 0.0126. The van der Waals surface area contributed by atoms with Crippen LogP contribution in [0.3, 0.4) is 0 Å². The zero-order chi connectivity index (χ0) is 14.8. The summed E-state index contributed by atoms with van der Waals surface area (Å²) in [5.41, 5.74) is 0.0756. The lowest BCUT2D eigenvalue weighted by Gasteiger charge is -2.39. The predicted octanol–water partition coefficient (Wildman–Crippen LogP) is 2.30. The van der Waals surface area contributed by atoms with Gasteiger partial charge in [0.25, 0.3) is 0 Å². The molecule has 120 valence electrons. The van der Waals surface area contributed by atoms with Gasteiger partial charge in [-0.3, -0.25) is 4.90 Å². The summed E-state index contributed by atoms with van der Waals surface area (Å²) in [7, 11) is 3.49. The molecule has 1 saturated carbocycles. The molecule has 0 radical (unpaired) electrons. The third-order valence-electron chi connectivity index (χ3n) is 4.65. The highest BCUT2D eigenvalue weighted by atomic mass is 16.5. The molecule has 0 aliphatic heterocycles. The van der Waals surface area contributed by atoms with Gasteiger partial charge in [0.15, 0.2) is 0 Å². The Bertz CT molecular complexity index is 240. The van der Waals surface area contributed by atoms with Crippen LogP contribution in [0.2, 0.25) is 0 Å². The van der Waals surface area contributed by atoms with Crippen LogP contribution in [0.4, 0.5) is 0 Å². The second-order valence-electron chi connectivity index (χ2n) is 6.34. The minimum absolute atomic E-state index is 0.0756. The van der Waals surface area contributed by atoms with Crippen LogP contribution in [0.5, 0.6) is 0 Å². The quantitative estimate of drug-likeness (QED) is 0.661. The van der Waals surface area contributed by atoms with Crippen LogP contribution in [-0.4, -0.2) is 63.2 Å². The Morgan fingerprint density at radius 3 is 2.25 bits per heavy atom. The SMILES string of the molecule is COCCN(CC1(CO)CCCCCC1)C(C)COC. The van der Waals surface area contributed by atoms with Crippen molar-refractivity contribution >= 4 is 0 Å². The third-order valence-corrected chi connectivity index (χ3v) is 4.65. The molecule has 1 aliphatic carbocycles. The number of hydrogen-bond donors (Lipinski definition) is 1. The van der Waals surface area contributed by atoms with Crippen LogP contribution in [0.1, 0.15) is 45.4 Å². The molecule has 0 saturated heterocycles. The Morgan fingerprint density at radius 1 is 1.10 bits per heavy atom. The third kappa shape index (κ3) is 5.68. The molecule has 1 aliphatic rings. The van der Waals surface area contributed by atoms with Crippen LogP contribution in [0.15, 0.2) is 0 Å². The van der Waals surface area contributed by atoms with E-state index >= 15 is 0 Å². The summed E-state index contributed by atoms with van der Waals surface area (Å²) in [6, 6.07) is 0.363. The fourth-order valence-corrected chi connectivity index (χ4v) is 3.29. The molecule has 0 aromatic rings. The van der Waals surface area contributed by atoms with E-state index in [9.17, 15) is 5.11 Å². The fraction of sp³-hybridized carbons (Fsp3) is 1.00. The molecule has 4 nitrogen and oxygen atoms in total. The molecule has 1 rings (SSSR count). The van der Waals surface area contributed by atoms with Gasteiger partial charge in [-0.2, -0.15) is 0 Å². The van der Waals surface area contributed by atoms with Crippen molar-refractivity contribution in [1.29, 1.82) is 0 Å². The number of aliphatic hydroxyl groups excluding tert-OH is 1. The zero-order valence-corrected chi connectivity index (χ0v) is 13.6. The molecule has 4 heteroatoms. The van der Waals surface area contributed by atoms with Gasteiger partial charge in [-0.25, -0.2) is 0 Å². The highest BCUT2D eigenvalue weighted by Crippen LogP contribution is 2.35. The molecule has 0 spiro atoms. The number of methoxy groups -OCH3 is 2. The smallest absolute Gasteiger partial charge is 0.0615 e. The number of aliphatic hydroxyl groups is 1. The summed E-state index contributed by atoms with van der Waals surface area (Å²) < 4.78 is 10.5. The van der Waals surface area contributed by atoms with Crippen molar-refractivity contribution < 1.29 is 14.6 Å². The molecular weight excluding hydrogens is 254 g/mol. The molecule has 1 fully saturated rings. The van der Waals surface area contributed by atoms with Gasteiger partial charge in [0.05, 0.1) is 13.2 Å². The van der Waals surface area contributed by atoms with Gasteiger partial charge in [0.1, 0.15) is 0 Å². The Balaban J connectivity index is 2.67. The van der Waals surface area contributed by atoms with Crippen LogP contribution in [0.25, 0.3) is 0 Å². The standard InChI is InChI=1S/C16H33NO3/c1-15(12-20-3)17(10-11-19-2)13-16(14-18)8-6-4-5-7-9-16/h15,18H,4-14H2,1-3H3. The Kier molecular flexibility index (Phi) is 8.69. The topological polar surface area (TPSA) is 41.9 Å². The minimum Gasteiger partial charge on any atom is -0.396 e. The van der Waals surface area contributed by atoms with E-state index in [0.29, 0.717) is 12.6 Å². The van der Waals surface area contributed by atoms with Gasteiger partial charge >= 0.3 is 0 Å². The second kappa shape index (κ2) is 9.72. The van der Waals surface area contributed by atoms with Crippen molar-refractivity contribution in [2.24, 2.45) is 5.41 Å². The van der Waals surface area contributed by atoms with Crippen molar-refractivity contribution in [3.05, 3.63) is 0 Å². The lowest BCUT2D eigenvalue weighted by Crippen LogP contribution is -2.47. The molecule has 1 unspecified atom stereocenters. The molecule has 0 bridgehead atoms. The van der Waals surface area contributed by atoms with Crippen molar-refractivity contribution in [2.75, 3.05) is 47.1 Å². The molecule has 20 heavy (non-hydrogen) atoms. The summed E-state index contributed by atoms with van der Waals surface area (Å²) in [6.45, 7) is 5.82. The minimum atomic E-state index is 0.0756. The van der Waals surface area contributed by atoms with E-state index in [-0.39, 0.29) is 5.41 Å². The maximum Gasteiger partial charge on any atom is 0.0615 e. The summed E-state index contributed by atoms with van der Waals surface area (Å²) in [5, 5.41) is 9.96. The van der Waals surface area contributed by atoms with Crippen molar-refractivity contribution in [1.82, 2.24) is 4.90 Å². The zero-order valence-electron chi connectivity index (χ0n) is 13.6. The number of nitrogens with zero attached hydrogens (tertiary/aromatic N) is 1. The molecular formula is C16H33NO3. The van der Waals surface area contributed by atoms with E-state index in [0.717, 1.165) is 39.1 Å². The van der Waals surface area contributed by atoms with E-state index in [2.05, 4.69) is 11.8 Å². The Labute approximate surface area is 124 Å². The molecule has 0 aromatic heterocycles. The van der Waals surface area contributed by atoms with E-state index in [1.54, 1.807) is 14.2 Å². The lowest BCUT2D eigenvalue weighted by atomic mass is 9.80. The monoisotopic (exact) mass is 287 g/mol. The summed E-state index contributed by atoms with van der Waals surface area (Å²) in [5.74, 6) is 0. The van der Waals surface area contributed by atoms with E-state index in [1.165, 1.54) is 25.7 Å². The highest BCUT2D eigenvalue weighted by Gasteiger charge is 2.33. The predicted molar refractivity (Wildman–Crippen MR) is 82.0 cm³/mol. The first kappa shape index (κ1) is 17.9. The maximum absolute atomic E-state index is 9.96. The summed E-state index contributed by atoms with van der Waals surface area (Å²) in [6.07, 6.45) is 7.41. The first-order valence-corrected chi connectivity index (χ1v) is 8.00. The molecule has 0 heterocycles. The van der Waals surface area contributed by atoms with Gasteiger partial charge in [-0.15, -0.1) is 0 Å². The van der Waals surface area contributed by atoms with Crippen molar-refractivity contribution in [2.45, 2.75) is 51.5 Å². The average molecular weight is 287 g/mol. The largest absolute Gasteiger partial charge is 0.396 e. The second-order valence-corrected chi connectivity index (χ2v) is 6.34. The molecule has 1 N–H and O–H groups in total. The van der Waals surface area contributed by atoms with Crippen molar-refractivity contribution in [3.63, 3.8) is 0 Å². The van der Waals surface area contributed by atoms with Crippen LogP contribution < -0.4 is 0 Å². The number of hydrogen-bond acceptors (Lipinski definition) is 4. The van der Waals surface area contributed by atoms with Crippen LogP contribution in [0, 0.1) is 5.41 Å². The van der Waals surface area contributed by atoms with Crippen LogP contribution in [-0.2, 0) is 9.47 Å². The van der Waals surface area contributed by atoms with Gasteiger partial charge in [-0.05, 0) is 19.8 Å².